The largest absolute Gasteiger partial charge is 0.434 e. The number of halogens is 2. The van der Waals surface area contributed by atoms with E-state index in [0.717, 1.165) is 5.41 Å². The Balaban J connectivity index is 2.99. The number of para-hydroxylation sites is 1. The topological polar surface area (TPSA) is 43.4 Å². The standard InChI is InChI=1S/C11H12F2O3S/c1-2-17(14,15)8-7-9-5-3-4-6-10(9)16-11(12)13/h3-8,11H,2H2,1H3. The minimum Gasteiger partial charge on any atom is -0.434 e. The first-order chi connectivity index (χ1) is 7.94. The molecule has 0 atom stereocenters. The van der Waals surface area contributed by atoms with Gasteiger partial charge in [0.15, 0.2) is 9.84 Å². The predicted molar refractivity (Wildman–Crippen MR) is 61.6 cm³/mol. The fraction of sp³-hybridized carbons (Fsp3) is 0.273. The van der Waals surface area contributed by atoms with Gasteiger partial charge in [-0.1, -0.05) is 25.1 Å². The van der Waals surface area contributed by atoms with Crippen molar-refractivity contribution in [3.63, 3.8) is 0 Å². The van der Waals surface area contributed by atoms with Crippen LogP contribution >= 0.6 is 0 Å². The van der Waals surface area contributed by atoms with Crippen molar-refractivity contribution < 1.29 is 21.9 Å². The van der Waals surface area contributed by atoms with Gasteiger partial charge < -0.3 is 4.74 Å². The van der Waals surface area contributed by atoms with Crippen LogP contribution in [0.25, 0.3) is 6.08 Å². The first-order valence-corrected chi connectivity index (χ1v) is 6.61. The monoisotopic (exact) mass is 262 g/mol. The molecule has 0 unspecified atom stereocenters. The van der Waals surface area contributed by atoms with Crippen molar-refractivity contribution in [1.82, 2.24) is 0 Å². The first-order valence-electron chi connectivity index (χ1n) is 4.89. The van der Waals surface area contributed by atoms with Gasteiger partial charge in [0.05, 0.1) is 5.75 Å². The van der Waals surface area contributed by atoms with Crippen molar-refractivity contribution in [3.05, 3.63) is 35.2 Å². The van der Waals surface area contributed by atoms with E-state index in [9.17, 15) is 17.2 Å². The summed E-state index contributed by atoms with van der Waals surface area (Å²) in [4.78, 5) is 0. The summed E-state index contributed by atoms with van der Waals surface area (Å²) >= 11 is 0. The van der Waals surface area contributed by atoms with Gasteiger partial charge in [-0.05, 0) is 12.1 Å². The lowest BCUT2D eigenvalue weighted by molar-refractivity contribution is -0.0499. The van der Waals surface area contributed by atoms with Crippen LogP contribution in [0.3, 0.4) is 0 Å². The molecular weight excluding hydrogens is 250 g/mol. The lowest BCUT2D eigenvalue weighted by Crippen LogP contribution is -2.03. The van der Waals surface area contributed by atoms with Gasteiger partial charge in [-0.25, -0.2) is 8.42 Å². The molecule has 1 aromatic carbocycles. The summed E-state index contributed by atoms with van der Waals surface area (Å²) in [7, 11) is -3.29. The number of hydrogen-bond donors (Lipinski definition) is 0. The van der Waals surface area contributed by atoms with Gasteiger partial charge in [0.2, 0.25) is 0 Å². The molecule has 94 valence electrons. The Morgan fingerprint density at radius 2 is 2.00 bits per heavy atom. The van der Waals surface area contributed by atoms with E-state index in [4.69, 9.17) is 0 Å². The van der Waals surface area contributed by atoms with Gasteiger partial charge in [0, 0.05) is 11.0 Å². The molecule has 0 aromatic heterocycles. The van der Waals surface area contributed by atoms with Crippen LogP contribution in [-0.4, -0.2) is 20.8 Å². The quantitative estimate of drug-likeness (QED) is 0.819. The lowest BCUT2D eigenvalue weighted by Gasteiger charge is -2.07. The van der Waals surface area contributed by atoms with Gasteiger partial charge in [-0.3, -0.25) is 0 Å². The Morgan fingerprint density at radius 3 is 2.59 bits per heavy atom. The van der Waals surface area contributed by atoms with Crippen molar-refractivity contribution in [2.75, 3.05) is 5.75 Å². The second kappa shape index (κ2) is 5.77. The van der Waals surface area contributed by atoms with Crippen molar-refractivity contribution in [1.29, 1.82) is 0 Å². The molecule has 17 heavy (non-hydrogen) atoms. The number of rotatable bonds is 5. The van der Waals surface area contributed by atoms with Crippen LogP contribution in [0.4, 0.5) is 8.78 Å². The minimum atomic E-state index is -3.29. The Hall–Kier alpha value is -1.43. The maximum atomic E-state index is 12.1. The van der Waals surface area contributed by atoms with E-state index in [1.165, 1.54) is 31.2 Å². The van der Waals surface area contributed by atoms with E-state index < -0.39 is 16.4 Å². The van der Waals surface area contributed by atoms with E-state index in [2.05, 4.69) is 4.74 Å². The van der Waals surface area contributed by atoms with Crippen LogP contribution in [0.1, 0.15) is 12.5 Å². The van der Waals surface area contributed by atoms with Crippen molar-refractivity contribution >= 4 is 15.9 Å². The molecule has 0 aliphatic carbocycles. The smallest absolute Gasteiger partial charge is 0.387 e. The first kappa shape index (κ1) is 13.6. The SMILES string of the molecule is CCS(=O)(=O)C=Cc1ccccc1OC(F)F. The molecule has 6 heteroatoms. The van der Waals surface area contributed by atoms with Crippen LogP contribution in [0, 0.1) is 0 Å². The molecule has 0 N–H and O–H groups in total. The molecule has 0 fully saturated rings. The average Bonchev–Trinajstić information content (AvgIpc) is 2.27. The van der Waals surface area contributed by atoms with Crippen LogP contribution < -0.4 is 4.74 Å². The highest BCUT2D eigenvalue weighted by Crippen LogP contribution is 2.21. The summed E-state index contributed by atoms with van der Waals surface area (Å²) in [5, 5.41) is 0.987. The molecular formula is C11H12F2O3S. The molecule has 0 saturated heterocycles. The van der Waals surface area contributed by atoms with Gasteiger partial charge in [0.1, 0.15) is 5.75 Å². The molecule has 1 aromatic rings. The van der Waals surface area contributed by atoms with E-state index in [0.29, 0.717) is 5.56 Å². The fourth-order valence-corrected chi connectivity index (χ4v) is 1.64. The summed E-state index contributed by atoms with van der Waals surface area (Å²) in [5.41, 5.74) is 0.296. The molecule has 0 aliphatic heterocycles. The van der Waals surface area contributed by atoms with E-state index in [-0.39, 0.29) is 11.5 Å². The van der Waals surface area contributed by atoms with Crippen LogP contribution in [0.5, 0.6) is 5.75 Å². The number of benzene rings is 1. The number of hydrogen-bond acceptors (Lipinski definition) is 3. The van der Waals surface area contributed by atoms with E-state index >= 15 is 0 Å². The maximum Gasteiger partial charge on any atom is 0.387 e. The Morgan fingerprint density at radius 1 is 1.35 bits per heavy atom. The van der Waals surface area contributed by atoms with Crippen LogP contribution in [-0.2, 0) is 9.84 Å². The summed E-state index contributed by atoms with van der Waals surface area (Å²) in [5.74, 6) is -0.0912. The third-order valence-electron chi connectivity index (χ3n) is 1.99. The highest BCUT2D eigenvalue weighted by molar-refractivity contribution is 7.94. The molecule has 0 spiro atoms. The molecule has 0 heterocycles. The molecule has 0 bridgehead atoms. The molecule has 0 saturated carbocycles. The van der Waals surface area contributed by atoms with Gasteiger partial charge in [0.25, 0.3) is 0 Å². The fourth-order valence-electron chi connectivity index (χ4n) is 1.09. The number of alkyl halides is 2. The van der Waals surface area contributed by atoms with E-state index in [1.807, 2.05) is 0 Å². The number of sulfone groups is 1. The number of ether oxygens (including phenoxy) is 1. The highest BCUT2D eigenvalue weighted by Gasteiger charge is 2.08. The zero-order chi connectivity index (χ0) is 12.9. The van der Waals surface area contributed by atoms with E-state index in [1.54, 1.807) is 6.07 Å². The zero-order valence-corrected chi connectivity index (χ0v) is 9.95. The summed E-state index contributed by atoms with van der Waals surface area (Å²) < 4.78 is 50.9. The minimum absolute atomic E-state index is 0.0403. The average molecular weight is 262 g/mol. The third kappa shape index (κ3) is 4.52. The lowest BCUT2D eigenvalue weighted by atomic mass is 10.2. The molecule has 0 radical (unpaired) electrons. The normalized spacial score (nSPS) is 12.2. The second-order valence-corrected chi connectivity index (χ2v) is 5.35. The maximum absolute atomic E-state index is 12.1. The summed E-state index contributed by atoms with van der Waals surface area (Å²) in [6.45, 7) is -1.44. The van der Waals surface area contributed by atoms with Crippen LogP contribution in [0.2, 0.25) is 0 Å². The molecule has 1 rings (SSSR count). The highest BCUT2D eigenvalue weighted by atomic mass is 32.2. The molecule has 0 aliphatic rings. The van der Waals surface area contributed by atoms with Crippen molar-refractivity contribution in [2.24, 2.45) is 0 Å². The van der Waals surface area contributed by atoms with Crippen molar-refractivity contribution in [3.8, 4) is 5.75 Å². The Bertz CT molecular complexity index is 495. The second-order valence-electron chi connectivity index (χ2n) is 3.17. The Kier molecular flexibility index (Phi) is 4.62. The van der Waals surface area contributed by atoms with Gasteiger partial charge in [-0.2, -0.15) is 8.78 Å². The molecule has 3 nitrogen and oxygen atoms in total. The zero-order valence-electron chi connectivity index (χ0n) is 9.14. The van der Waals surface area contributed by atoms with Gasteiger partial charge >= 0.3 is 6.61 Å². The third-order valence-corrected chi connectivity index (χ3v) is 3.35. The summed E-state index contributed by atoms with van der Waals surface area (Å²) in [6.07, 6.45) is 1.25. The Labute approximate surface area is 98.6 Å². The van der Waals surface area contributed by atoms with Gasteiger partial charge in [-0.15, -0.1) is 0 Å². The predicted octanol–water partition coefficient (Wildman–Crippen LogP) is 2.69. The van der Waals surface area contributed by atoms with Crippen molar-refractivity contribution in [2.45, 2.75) is 13.5 Å². The summed E-state index contributed by atoms with van der Waals surface area (Å²) in [6, 6.07) is 5.99. The molecule has 0 amide bonds. The van der Waals surface area contributed by atoms with Crippen LogP contribution in [0.15, 0.2) is 29.7 Å².